The summed E-state index contributed by atoms with van der Waals surface area (Å²) in [6, 6.07) is 6.59. The molecule has 1 aromatic carbocycles. The van der Waals surface area contributed by atoms with Gasteiger partial charge in [-0.3, -0.25) is 4.90 Å². The molecule has 5 nitrogen and oxygen atoms in total. The molecule has 0 spiro atoms. The van der Waals surface area contributed by atoms with E-state index < -0.39 is 10.0 Å². The molecule has 1 aliphatic carbocycles. The monoisotopic (exact) mass is 378 g/mol. The Morgan fingerprint density at radius 2 is 1.77 bits per heavy atom. The average Bonchev–Trinajstić information content (AvgIpc) is 3.39. The summed E-state index contributed by atoms with van der Waals surface area (Å²) in [7, 11) is -3.38. The van der Waals surface area contributed by atoms with Gasteiger partial charge in [0.1, 0.15) is 0 Å². The molecule has 6 heteroatoms. The van der Waals surface area contributed by atoms with Gasteiger partial charge in [0.25, 0.3) is 0 Å². The normalized spacial score (nSPS) is 23.3. The second-order valence-electron chi connectivity index (χ2n) is 8.23. The summed E-state index contributed by atoms with van der Waals surface area (Å²) in [5.41, 5.74) is 1.82. The van der Waals surface area contributed by atoms with Crippen LogP contribution in [0.4, 0.5) is 0 Å². The van der Waals surface area contributed by atoms with E-state index in [2.05, 4.69) is 4.90 Å². The molecule has 0 aromatic heterocycles. The van der Waals surface area contributed by atoms with Crippen molar-refractivity contribution in [2.45, 2.75) is 56.5 Å². The van der Waals surface area contributed by atoms with Crippen LogP contribution in [-0.2, 0) is 14.8 Å². The Bertz CT molecular complexity index is 748. The maximum atomic E-state index is 13.1. The summed E-state index contributed by atoms with van der Waals surface area (Å²) in [6.45, 7) is 7.88. The van der Waals surface area contributed by atoms with Gasteiger partial charge in [-0.25, -0.2) is 8.42 Å². The van der Waals surface area contributed by atoms with Crippen LogP contribution in [0.1, 0.15) is 36.8 Å². The molecule has 0 amide bonds. The molecule has 1 saturated carbocycles. The third-order valence-electron chi connectivity index (χ3n) is 6.09. The fourth-order valence-electron chi connectivity index (χ4n) is 4.16. The average molecular weight is 379 g/mol. The summed E-state index contributed by atoms with van der Waals surface area (Å²) >= 11 is 0. The maximum absolute atomic E-state index is 13.1. The van der Waals surface area contributed by atoms with Crippen LogP contribution >= 0.6 is 0 Å². The van der Waals surface area contributed by atoms with E-state index in [1.54, 1.807) is 10.4 Å². The second kappa shape index (κ2) is 7.23. The molecular formula is C20H30N2O3S. The van der Waals surface area contributed by atoms with E-state index in [0.717, 1.165) is 49.6 Å². The molecule has 3 fully saturated rings. The molecule has 1 aromatic rings. The third-order valence-corrected chi connectivity index (χ3v) is 8.06. The van der Waals surface area contributed by atoms with E-state index in [1.807, 2.05) is 26.0 Å². The summed E-state index contributed by atoms with van der Waals surface area (Å²) in [4.78, 5) is 3.07. The Balaban J connectivity index is 1.46. The van der Waals surface area contributed by atoms with Crippen molar-refractivity contribution in [1.29, 1.82) is 0 Å². The van der Waals surface area contributed by atoms with Gasteiger partial charge in [0.2, 0.25) is 10.0 Å². The Morgan fingerprint density at radius 1 is 1.08 bits per heavy atom. The van der Waals surface area contributed by atoms with E-state index in [1.165, 1.54) is 12.8 Å². The molecule has 2 saturated heterocycles. The summed E-state index contributed by atoms with van der Waals surface area (Å²) in [6.07, 6.45) is 4.81. The van der Waals surface area contributed by atoms with Crippen LogP contribution < -0.4 is 0 Å². The van der Waals surface area contributed by atoms with Crippen LogP contribution in [0.2, 0.25) is 0 Å². The minimum absolute atomic E-state index is 0.360. The highest BCUT2D eigenvalue weighted by molar-refractivity contribution is 7.89. The van der Waals surface area contributed by atoms with Gasteiger partial charge >= 0.3 is 0 Å². The zero-order chi connectivity index (χ0) is 18.3. The molecule has 4 rings (SSSR count). The lowest BCUT2D eigenvalue weighted by Gasteiger charge is -2.48. The van der Waals surface area contributed by atoms with E-state index in [9.17, 15) is 8.42 Å². The van der Waals surface area contributed by atoms with Crippen molar-refractivity contribution in [1.82, 2.24) is 9.21 Å². The zero-order valence-corrected chi connectivity index (χ0v) is 16.7. The van der Waals surface area contributed by atoms with Gasteiger partial charge in [-0.2, -0.15) is 4.31 Å². The van der Waals surface area contributed by atoms with Crippen LogP contribution in [0, 0.1) is 19.8 Å². The molecule has 26 heavy (non-hydrogen) atoms. The number of hydrogen-bond acceptors (Lipinski definition) is 4. The van der Waals surface area contributed by atoms with Crippen molar-refractivity contribution in [2.75, 3.05) is 32.8 Å². The van der Waals surface area contributed by atoms with E-state index in [4.69, 9.17) is 4.74 Å². The Kier molecular flexibility index (Phi) is 5.12. The molecule has 0 radical (unpaired) electrons. The number of benzene rings is 1. The van der Waals surface area contributed by atoms with Crippen molar-refractivity contribution in [3.05, 3.63) is 29.3 Å². The van der Waals surface area contributed by atoms with Crippen LogP contribution in [0.15, 0.2) is 23.1 Å². The molecule has 2 heterocycles. The standard InChI is InChI=1S/C20H30N2O3S/c1-15-3-4-16(2)20(11-15)26(23,24)21-13-19(14-21)22(12-17-5-6-17)18-7-9-25-10-8-18/h3-4,11,17-19H,5-10,12-14H2,1-2H3. The van der Waals surface area contributed by atoms with Crippen molar-refractivity contribution in [3.63, 3.8) is 0 Å². The van der Waals surface area contributed by atoms with Gasteiger partial charge in [0.05, 0.1) is 4.90 Å². The van der Waals surface area contributed by atoms with Gasteiger partial charge in [-0.15, -0.1) is 0 Å². The first-order valence-electron chi connectivity index (χ1n) is 9.86. The number of hydrogen-bond donors (Lipinski definition) is 0. The highest BCUT2D eigenvalue weighted by Crippen LogP contribution is 2.35. The first kappa shape index (κ1) is 18.4. The lowest BCUT2D eigenvalue weighted by atomic mass is 10.0. The van der Waals surface area contributed by atoms with Crippen molar-refractivity contribution in [3.8, 4) is 0 Å². The predicted molar refractivity (Wildman–Crippen MR) is 102 cm³/mol. The molecule has 0 N–H and O–H groups in total. The lowest BCUT2D eigenvalue weighted by Crippen LogP contribution is -2.63. The number of nitrogens with zero attached hydrogens (tertiary/aromatic N) is 2. The van der Waals surface area contributed by atoms with Gasteiger partial charge < -0.3 is 4.74 Å². The molecule has 2 aliphatic heterocycles. The molecule has 0 atom stereocenters. The van der Waals surface area contributed by atoms with Crippen LogP contribution in [0.25, 0.3) is 0 Å². The van der Waals surface area contributed by atoms with Crippen LogP contribution in [0.5, 0.6) is 0 Å². The van der Waals surface area contributed by atoms with Crippen molar-refractivity contribution < 1.29 is 13.2 Å². The highest BCUT2D eigenvalue weighted by atomic mass is 32.2. The van der Waals surface area contributed by atoms with Crippen LogP contribution in [0.3, 0.4) is 0 Å². The Morgan fingerprint density at radius 3 is 2.42 bits per heavy atom. The van der Waals surface area contributed by atoms with E-state index in [-0.39, 0.29) is 0 Å². The Hall–Kier alpha value is -0.950. The lowest BCUT2D eigenvalue weighted by molar-refractivity contribution is -0.0126. The van der Waals surface area contributed by atoms with E-state index >= 15 is 0 Å². The molecule has 144 valence electrons. The minimum atomic E-state index is -3.38. The maximum Gasteiger partial charge on any atom is 0.243 e. The number of rotatable bonds is 6. The minimum Gasteiger partial charge on any atom is -0.381 e. The zero-order valence-electron chi connectivity index (χ0n) is 15.9. The number of ether oxygens (including phenoxy) is 1. The first-order chi connectivity index (χ1) is 12.4. The first-order valence-corrected chi connectivity index (χ1v) is 11.3. The SMILES string of the molecule is Cc1ccc(C)c(S(=O)(=O)N2CC(N(CC3CC3)C3CCOCC3)C2)c1. The molecule has 0 bridgehead atoms. The summed E-state index contributed by atoms with van der Waals surface area (Å²) in [5.74, 6) is 0.822. The highest BCUT2D eigenvalue weighted by Gasteiger charge is 2.43. The van der Waals surface area contributed by atoms with Gasteiger partial charge in [-0.05, 0) is 62.6 Å². The fourth-order valence-corrected chi connectivity index (χ4v) is 5.98. The predicted octanol–water partition coefficient (Wildman–Crippen LogP) is 2.57. The smallest absolute Gasteiger partial charge is 0.243 e. The molecular weight excluding hydrogens is 348 g/mol. The number of aryl methyl sites for hydroxylation is 2. The fraction of sp³-hybridized carbons (Fsp3) is 0.700. The quantitative estimate of drug-likeness (QED) is 0.763. The largest absolute Gasteiger partial charge is 0.381 e. The van der Waals surface area contributed by atoms with Gasteiger partial charge in [0.15, 0.2) is 0 Å². The van der Waals surface area contributed by atoms with Gasteiger partial charge in [0, 0.05) is 44.9 Å². The summed E-state index contributed by atoms with van der Waals surface area (Å²) < 4.78 is 33.3. The number of sulfonamides is 1. The molecule has 3 aliphatic rings. The third kappa shape index (κ3) is 3.70. The Labute approximate surface area is 157 Å². The van der Waals surface area contributed by atoms with Crippen molar-refractivity contribution in [2.24, 2.45) is 5.92 Å². The topological polar surface area (TPSA) is 49.9 Å². The van der Waals surface area contributed by atoms with Crippen LogP contribution in [-0.4, -0.2) is 62.6 Å². The van der Waals surface area contributed by atoms with Gasteiger partial charge in [-0.1, -0.05) is 12.1 Å². The van der Waals surface area contributed by atoms with E-state index in [0.29, 0.717) is 30.1 Å². The van der Waals surface area contributed by atoms with Crippen molar-refractivity contribution >= 4 is 10.0 Å². The molecule has 0 unspecified atom stereocenters. The second-order valence-corrected chi connectivity index (χ2v) is 10.1. The summed E-state index contributed by atoms with van der Waals surface area (Å²) in [5, 5.41) is 0.